The molecule has 0 radical (unpaired) electrons. The molecule has 0 aliphatic carbocycles. The maximum Gasteiger partial charge on any atom is 0.194 e. The lowest BCUT2D eigenvalue weighted by atomic mass is 10.2. The molecule has 26 heavy (non-hydrogen) atoms. The molecular weight excluding hydrogens is 446 g/mol. The second-order valence-corrected chi connectivity index (χ2v) is 5.93. The van der Waals surface area contributed by atoms with E-state index in [1.54, 1.807) is 12.3 Å². The van der Waals surface area contributed by atoms with E-state index in [4.69, 9.17) is 4.99 Å². The largest absolute Gasteiger partial charge is 0.366 e. The molecule has 2 aromatic rings. The first-order valence-corrected chi connectivity index (χ1v) is 8.78. The summed E-state index contributed by atoms with van der Waals surface area (Å²) in [6.45, 7) is 7.54. The highest BCUT2D eigenvalue weighted by molar-refractivity contribution is 14.0. The molecule has 1 aliphatic rings. The van der Waals surface area contributed by atoms with Crippen LogP contribution in [-0.4, -0.2) is 59.9 Å². The van der Waals surface area contributed by atoms with Crippen LogP contribution < -0.4 is 10.2 Å². The monoisotopic (exact) mass is 472 g/mol. The molecule has 1 saturated heterocycles. The van der Waals surface area contributed by atoms with Crippen molar-refractivity contribution in [3.8, 4) is 0 Å². The Morgan fingerprint density at radius 2 is 1.96 bits per heavy atom. The van der Waals surface area contributed by atoms with Crippen LogP contribution in [0.25, 0.3) is 0 Å². The second-order valence-electron chi connectivity index (χ2n) is 5.93. The van der Waals surface area contributed by atoms with Crippen molar-refractivity contribution >= 4 is 35.6 Å². The van der Waals surface area contributed by atoms with E-state index >= 15 is 0 Å². The van der Waals surface area contributed by atoms with Gasteiger partial charge in [-0.05, 0) is 25.1 Å². The van der Waals surface area contributed by atoms with Gasteiger partial charge >= 0.3 is 0 Å². The summed E-state index contributed by atoms with van der Waals surface area (Å²) in [6.07, 6.45) is 3.71. The molecule has 0 bridgehead atoms. The number of benzene rings is 1. The molecular formula is C18H26FIN6. The Morgan fingerprint density at radius 3 is 2.62 bits per heavy atom. The summed E-state index contributed by atoms with van der Waals surface area (Å²) in [6, 6.07) is 8.88. The molecule has 0 saturated carbocycles. The lowest BCUT2D eigenvalue weighted by Crippen LogP contribution is -2.52. The van der Waals surface area contributed by atoms with E-state index in [0.29, 0.717) is 12.2 Å². The highest BCUT2D eigenvalue weighted by Gasteiger charge is 2.21. The molecule has 1 aromatic heterocycles. The van der Waals surface area contributed by atoms with Gasteiger partial charge in [-0.2, -0.15) is 5.10 Å². The number of hydrogen-bond acceptors (Lipinski definition) is 3. The number of halogens is 2. The van der Waals surface area contributed by atoms with E-state index in [9.17, 15) is 4.39 Å². The first kappa shape index (κ1) is 20.5. The molecule has 0 atom stereocenters. The SMILES string of the molecule is CCNC(=NCCn1cccn1)N1CCN(c2ccccc2F)CC1.I. The van der Waals surface area contributed by atoms with Gasteiger partial charge in [0.05, 0.1) is 18.8 Å². The Kier molecular flexibility index (Phi) is 8.14. The number of aromatic nitrogens is 2. The molecule has 142 valence electrons. The Bertz CT molecular complexity index is 683. The van der Waals surface area contributed by atoms with E-state index in [0.717, 1.165) is 45.2 Å². The topological polar surface area (TPSA) is 48.7 Å². The van der Waals surface area contributed by atoms with Gasteiger partial charge in [-0.3, -0.25) is 9.67 Å². The fraction of sp³-hybridized carbons (Fsp3) is 0.444. The van der Waals surface area contributed by atoms with Crippen LogP contribution in [0.4, 0.5) is 10.1 Å². The van der Waals surface area contributed by atoms with Gasteiger partial charge < -0.3 is 15.1 Å². The zero-order valence-corrected chi connectivity index (χ0v) is 17.3. The number of nitrogens with zero attached hydrogens (tertiary/aromatic N) is 5. The van der Waals surface area contributed by atoms with E-state index in [1.165, 1.54) is 6.07 Å². The van der Waals surface area contributed by atoms with Crippen molar-refractivity contribution in [1.82, 2.24) is 20.0 Å². The third-order valence-electron chi connectivity index (χ3n) is 4.26. The van der Waals surface area contributed by atoms with E-state index in [1.807, 2.05) is 29.1 Å². The van der Waals surface area contributed by atoms with Crippen molar-refractivity contribution in [3.63, 3.8) is 0 Å². The van der Waals surface area contributed by atoms with E-state index < -0.39 is 0 Å². The number of aliphatic imine (C=N–C) groups is 1. The van der Waals surface area contributed by atoms with Crippen LogP contribution in [0.1, 0.15) is 6.92 Å². The number of nitrogens with one attached hydrogen (secondary N) is 1. The van der Waals surface area contributed by atoms with Gasteiger partial charge in [0, 0.05) is 45.1 Å². The predicted octanol–water partition coefficient (Wildman–Crippen LogP) is 2.43. The zero-order chi connectivity index (χ0) is 17.5. The molecule has 8 heteroatoms. The average molecular weight is 472 g/mol. The van der Waals surface area contributed by atoms with Crippen molar-refractivity contribution in [2.75, 3.05) is 44.2 Å². The zero-order valence-electron chi connectivity index (χ0n) is 15.0. The van der Waals surface area contributed by atoms with Gasteiger partial charge in [-0.25, -0.2) is 4.39 Å². The lowest BCUT2D eigenvalue weighted by molar-refractivity contribution is 0.370. The molecule has 0 spiro atoms. The highest BCUT2D eigenvalue weighted by atomic mass is 127. The van der Waals surface area contributed by atoms with Crippen molar-refractivity contribution in [2.45, 2.75) is 13.5 Å². The summed E-state index contributed by atoms with van der Waals surface area (Å²) in [5.41, 5.74) is 0.683. The molecule has 1 aliphatic heterocycles. The van der Waals surface area contributed by atoms with E-state index in [-0.39, 0.29) is 29.8 Å². The number of rotatable bonds is 5. The standard InChI is InChI=1S/C18H25FN6.HI/c1-2-20-18(21-9-11-25-10-5-8-22-25)24-14-12-23(13-15-24)17-7-4-3-6-16(17)19;/h3-8,10H,2,9,11-15H2,1H3,(H,20,21);1H. The van der Waals surface area contributed by atoms with Crippen LogP contribution in [0.15, 0.2) is 47.7 Å². The quantitative estimate of drug-likeness (QED) is 0.413. The van der Waals surface area contributed by atoms with Crippen LogP contribution >= 0.6 is 24.0 Å². The Morgan fingerprint density at radius 1 is 1.19 bits per heavy atom. The van der Waals surface area contributed by atoms with Crippen LogP contribution in [0.2, 0.25) is 0 Å². The summed E-state index contributed by atoms with van der Waals surface area (Å²) in [7, 11) is 0. The highest BCUT2D eigenvalue weighted by Crippen LogP contribution is 2.20. The maximum atomic E-state index is 14.0. The first-order chi connectivity index (χ1) is 12.3. The Hall–Kier alpha value is -1.84. The van der Waals surface area contributed by atoms with Crippen LogP contribution in [0, 0.1) is 5.82 Å². The summed E-state index contributed by atoms with van der Waals surface area (Å²) < 4.78 is 15.8. The minimum atomic E-state index is -0.157. The van der Waals surface area contributed by atoms with Gasteiger partial charge in [-0.15, -0.1) is 24.0 Å². The van der Waals surface area contributed by atoms with Gasteiger partial charge in [0.25, 0.3) is 0 Å². The normalized spacial score (nSPS) is 14.9. The van der Waals surface area contributed by atoms with Gasteiger partial charge in [0.15, 0.2) is 5.96 Å². The second kappa shape index (κ2) is 10.3. The van der Waals surface area contributed by atoms with Gasteiger partial charge in [-0.1, -0.05) is 12.1 Å². The fourth-order valence-corrected chi connectivity index (χ4v) is 2.98. The van der Waals surface area contributed by atoms with Crippen molar-refractivity contribution < 1.29 is 4.39 Å². The number of piperazine rings is 1. The number of anilines is 1. The Labute approximate surface area is 171 Å². The summed E-state index contributed by atoms with van der Waals surface area (Å²) in [4.78, 5) is 9.04. The molecule has 0 unspecified atom stereocenters. The number of guanidine groups is 1. The van der Waals surface area contributed by atoms with Crippen molar-refractivity contribution in [1.29, 1.82) is 0 Å². The predicted molar refractivity (Wildman–Crippen MR) is 114 cm³/mol. The van der Waals surface area contributed by atoms with Crippen molar-refractivity contribution in [3.05, 3.63) is 48.5 Å². The molecule has 0 amide bonds. The fourth-order valence-electron chi connectivity index (χ4n) is 2.98. The maximum absolute atomic E-state index is 14.0. The third kappa shape index (κ3) is 5.33. The van der Waals surface area contributed by atoms with Gasteiger partial charge in [0.2, 0.25) is 0 Å². The van der Waals surface area contributed by atoms with Gasteiger partial charge in [0.1, 0.15) is 5.82 Å². The minimum Gasteiger partial charge on any atom is -0.366 e. The molecule has 2 heterocycles. The minimum absolute atomic E-state index is 0. The van der Waals surface area contributed by atoms with Crippen LogP contribution in [0.3, 0.4) is 0 Å². The third-order valence-corrected chi connectivity index (χ3v) is 4.26. The van der Waals surface area contributed by atoms with E-state index in [2.05, 4.69) is 27.1 Å². The summed E-state index contributed by atoms with van der Waals surface area (Å²) >= 11 is 0. The number of para-hydroxylation sites is 1. The Balaban J connectivity index is 0.00000243. The molecule has 1 N–H and O–H groups in total. The first-order valence-electron chi connectivity index (χ1n) is 8.78. The van der Waals surface area contributed by atoms with Crippen molar-refractivity contribution in [2.24, 2.45) is 4.99 Å². The number of hydrogen-bond donors (Lipinski definition) is 1. The molecule has 3 rings (SSSR count). The van der Waals surface area contributed by atoms with Crippen LogP contribution in [0.5, 0.6) is 0 Å². The smallest absolute Gasteiger partial charge is 0.194 e. The lowest BCUT2D eigenvalue weighted by Gasteiger charge is -2.37. The molecule has 1 aromatic carbocycles. The molecule has 1 fully saturated rings. The average Bonchev–Trinajstić information content (AvgIpc) is 3.15. The summed E-state index contributed by atoms with van der Waals surface area (Å²) in [5, 5.41) is 7.55. The summed E-state index contributed by atoms with van der Waals surface area (Å²) in [5.74, 6) is 0.763. The molecule has 6 nitrogen and oxygen atoms in total. The van der Waals surface area contributed by atoms with Crippen LogP contribution in [-0.2, 0) is 6.54 Å².